The number of nitrogens with zero attached hydrogens (tertiary/aromatic N) is 1. The summed E-state index contributed by atoms with van der Waals surface area (Å²) in [5.74, 6) is 0.830. The summed E-state index contributed by atoms with van der Waals surface area (Å²) in [7, 11) is 0. The van der Waals surface area contributed by atoms with Crippen LogP contribution >= 0.6 is 35.6 Å². The van der Waals surface area contributed by atoms with Crippen molar-refractivity contribution in [3.63, 3.8) is 0 Å². The minimum atomic E-state index is -0.0858. The fourth-order valence-electron chi connectivity index (χ4n) is 1.61. The van der Waals surface area contributed by atoms with Crippen molar-refractivity contribution in [1.29, 1.82) is 0 Å². The molecule has 1 N–H and O–H groups in total. The Morgan fingerprint density at radius 2 is 1.82 bits per heavy atom. The van der Waals surface area contributed by atoms with Gasteiger partial charge in [0.2, 0.25) is 0 Å². The number of H-pyrrole nitrogens is 1. The molecule has 1 heterocycles. The van der Waals surface area contributed by atoms with E-state index < -0.39 is 0 Å². The van der Waals surface area contributed by atoms with Gasteiger partial charge in [-0.1, -0.05) is 11.6 Å². The molecule has 1 aromatic carbocycles. The Bertz CT molecular complexity index is 489. The number of hydrogen-bond acceptors (Lipinski definition) is 1. The molecule has 0 aliphatic rings. The number of aromatic amines is 1. The number of imidazole rings is 1. The fraction of sp³-hybridized carbons (Fsp3) is 0.250. The topological polar surface area (TPSA) is 28.7 Å². The summed E-state index contributed by atoms with van der Waals surface area (Å²) in [6, 6.07) is 7.56. The van der Waals surface area contributed by atoms with Gasteiger partial charge in [-0.05, 0) is 38.1 Å². The zero-order valence-corrected chi connectivity index (χ0v) is 11.8. The minimum absolute atomic E-state index is 0. The smallest absolute Gasteiger partial charge is 0.137 e. The molecule has 0 aliphatic carbocycles. The molecule has 2 aromatic rings. The lowest BCUT2D eigenvalue weighted by molar-refractivity contribution is 0.998. The second kappa shape index (κ2) is 5.76. The van der Waals surface area contributed by atoms with Gasteiger partial charge < -0.3 is 4.98 Å². The van der Waals surface area contributed by atoms with Crippen LogP contribution in [0.1, 0.15) is 23.7 Å². The lowest BCUT2D eigenvalue weighted by Gasteiger charge is -1.97. The molecule has 1 aromatic heterocycles. The van der Waals surface area contributed by atoms with Crippen molar-refractivity contribution < 1.29 is 0 Å². The molecule has 1 atom stereocenters. The van der Waals surface area contributed by atoms with Crippen LogP contribution in [0.15, 0.2) is 24.3 Å². The van der Waals surface area contributed by atoms with Crippen molar-refractivity contribution >= 4 is 35.6 Å². The minimum Gasteiger partial charge on any atom is -0.342 e. The van der Waals surface area contributed by atoms with E-state index in [2.05, 4.69) is 9.97 Å². The Balaban J connectivity index is 0.00000144. The first-order chi connectivity index (χ1) is 7.58. The van der Waals surface area contributed by atoms with Crippen LogP contribution in [0.2, 0.25) is 5.02 Å². The first-order valence-electron chi connectivity index (χ1n) is 5.04. The van der Waals surface area contributed by atoms with Crippen LogP contribution in [-0.4, -0.2) is 9.97 Å². The predicted octanol–water partition coefficient (Wildman–Crippen LogP) is 4.76. The zero-order valence-electron chi connectivity index (χ0n) is 9.50. The van der Waals surface area contributed by atoms with Crippen molar-refractivity contribution in [2.75, 3.05) is 0 Å². The Labute approximate surface area is 117 Å². The fourth-order valence-corrected chi connectivity index (χ4v) is 1.94. The second-order valence-corrected chi connectivity index (χ2v) is 4.81. The first-order valence-corrected chi connectivity index (χ1v) is 5.86. The van der Waals surface area contributed by atoms with Gasteiger partial charge in [0.25, 0.3) is 0 Å². The molecular weight excluding hydrogens is 279 g/mol. The van der Waals surface area contributed by atoms with Crippen LogP contribution in [0.25, 0.3) is 11.4 Å². The molecule has 0 saturated carbocycles. The Morgan fingerprint density at radius 1 is 1.24 bits per heavy atom. The Morgan fingerprint density at radius 3 is 2.29 bits per heavy atom. The highest BCUT2D eigenvalue weighted by molar-refractivity contribution is 6.30. The van der Waals surface area contributed by atoms with Crippen LogP contribution in [0, 0.1) is 6.92 Å². The summed E-state index contributed by atoms with van der Waals surface area (Å²) in [5, 5.41) is 0.635. The Kier molecular flexibility index (Phi) is 4.87. The lowest BCUT2D eigenvalue weighted by Crippen LogP contribution is -1.87. The van der Waals surface area contributed by atoms with Crippen LogP contribution in [0.3, 0.4) is 0 Å². The number of aromatic nitrogens is 2. The molecule has 0 spiro atoms. The van der Waals surface area contributed by atoms with E-state index in [9.17, 15) is 0 Å². The van der Waals surface area contributed by atoms with E-state index in [0.29, 0.717) is 0 Å². The van der Waals surface area contributed by atoms with Gasteiger partial charge in [-0.2, -0.15) is 0 Å². The molecule has 2 nitrogen and oxygen atoms in total. The third-order valence-corrected chi connectivity index (χ3v) is 2.88. The van der Waals surface area contributed by atoms with E-state index in [1.165, 1.54) is 0 Å². The van der Waals surface area contributed by atoms with Gasteiger partial charge in [0.1, 0.15) is 5.82 Å². The number of benzene rings is 1. The standard InChI is InChI=1S/C12H12Cl2N2.ClH/c1-7(13)11-8(2)15-12(16-11)9-3-5-10(14)6-4-9;/h3-7H,1-2H3,(H,15,16);1H. The maximum Gasteiger partial charge on any atom is 0.137 e. The number of nitrogens with one attached hydrogen (secondary N) is 1. The average molecular weight is 292 g/mol. The van der Waals surface area contributed by atoms with E-state index in [1.807, 2.05) is 38.1 Å². The van der Waals surface area contributed by atoms with Crippen LogP contribution in [0.5, 0.6) is 0 Å². The largest absolute Gasteiger partial charge is 0.342 e. The van der Waals surface area contributed by atoms with Crippen LogP contribution < -0.4 is 0 Å². The summed E-state index contributed by atoms with van der Waals surface area (Å²) in [6.07, 6.45) is 0. The first kappa shape index (κ1) is 14.4. The zero-order chi connectivity index (χ0) is 11.7. The van der Waals surface area contributed by atoms with Gasteiger partial charge in [0.05, 0.1) is 11.1 Å². The summed E-state index contributed by atoms with van der Waals surface area (Å²) < 4.78 is 0. The van der Waals surface area contributed by atoms with Crippen LogP contribution in [0.4, 0.5) is 0 Å². The van der Waals surface area contributed by atoms with Crippen molar-refractivity contribution in [3.05, 3.63) is 40.7 Å². The quantitative estimate of drug-likeness (QED) is 0.794. The van der Waals surface area contributed by atoms with Gasteiger partial charge in [-0.25, -0.2) is 4.98 Å². The van der Waals surface area contributed by atoms with Gasteiger partial charge in [0.15, 0.2) is 0 Å². The van der Waals surface area contributed by atoms with Crippen molar-refractivity contribution in [3.8, 4) is 11.4 Å². The molecular formula is C12H13Cl3N2. The number of hydrogen-bond donors (Lipinski definition) is 1. The highest BCUT2D eigenvalue weighted by Crippen LogP contribution is 2.25. The predicted molar refractivity (Wildman–Crippen MR) is 75.3 cm³/mol. The van der Waals surface area contributed by atoms with Gasteiger partial charge in [-0.3, -0.25) is 0 Å². The summed E-state index contributed by atoms with van der Waals surface area (Å²) in [5.41, 5.74) is 2.91. The molecule has 0 amide bonds. The van der Waals surface area contributed by atoms with E-state index in [0.717, 1.165) is 27.8 Å². The second-order valence-electron chi connectivity index (χ2n) is 3.72. The summed E-state index contributed by atoms with van der Waals surface area (Å²) >= 11 is 11.9. The number of halogens is 3. The van der Waals surface area contributed by atoms with Crippen molar-refractivity contribution in [1.82, 2.24) is 9.97 Å². The SMILES string of the molecule is Cc1[nH]c(-c2ccc(Cl)cc2)nc1C(C)Cl.Cl. The molecule has 5 heteroatoms. The Hall–Kier alpha value is -0.700. The number of aryl methyl sites for hydroxylation is 1. The van der Waals surface area contributed by atoms with E-state index >= 15 is 0 Å². The normalized spacial score (nSPS) is 12.0. The summed E-state index contributed by atoms with van der Waals surface area (Å²) in [4.78, 5) is 7.70. The van der Waals surface area contributed by atoms with Crippen molar-refractivity contribution in [2.24, 2.45) is 0 Å². The molecule has 1 unspecified atom stereocenters. The van der Waals surface area contributed by atoms with Gasteiger partial charge in [-0.15, -0.1) is 24.0 Å². The number of rotatable bonds is 2. The lowest BCUT2D eigenvalue weighted by atomic mass is 10.2. The molecule has 2 rings (SSSR count). The molecule has 0 aliphatic heterocycles. The molecule has 0 bridgehead atoms. The molecule has 17 heavy (non-hydrogen) atoms. The van der Waals surface area contributed by atoms with Crippen LogP contribution in [-0.2, 0) is 0 Å². The third kappa shape index (κ3) is 3.15. The molecule has 0 fully saturated rings. The monoisotopic (exact) mass is 290 g/mol. The molecule has 0 radical (unpaired) electrons. The van der Waals surface area contributed by atoms with E-state index in [1.54, 1.807) is 0 Å². The highest BCUT2D eigenvalue weighted by Gasteiger charge is 2.12. The van der Waals surface area contributed by atoms with E-state index in [4.69, 9.17) is 23.2 Å². The maximum atomic E-state index is 6.03. The van der Waals surface area contributed by atoms with Gasteiger partial charge in [0, 0.05) is 16.3 Å². The van der Waals surface area contributed by atoms with E-state index in [-0.39, 0.29) is 17.8 Å². The third-order valence-electron chi connectivity index (χ3n) is 2.42. The molecule has 92 valence electrons. The molecule has 0 saturated heterocycles. The number of alkyl halides is 1. The van der Waals surface area contributed by atoms with Gasteiger partial charge >= 0.3 is 0 Å². The highest BCUT2D eigenvalue weighted by atomic mass is 35.5. The maximum absolute atomic E-state index is 6.03. The van der Waals surface area contributed by atoms with Crippen molar-refractivity contribution in [2.45, 2.75) is 19.2 Å². The summed E-state index contributed by atoms with van der Waals surface area (Å²) in [6.45, 7) is 3.89. The average Bonchev–Trinajstić information content (AvgIpc) is 2.61.